The molecule has 51 heavy (non-hydrogen) atoms. The van der Waals surface area contributed by atoms with Gasteiger partial charge >= 0.3 is 13.5 Å². The zero-order valence-corrected chi connectivity index (χ0v) is 28.6. The molecule has 288 valence electrons. The number of hydrogen-bond acceptors (Lipinski definition) is 18. The summed E-state index contributed by atoms with van der Waals surface area (Å²) in [5, 5.41) is 50.1. The SMILES string of the molecule is COP(=O)(O)O[C@@H]1C(OCc2cn(CCOCCOCCOC3OC(CO)C(O)C(O)C3NC(C)=O)nn2)[C@H](n2ccc(=O)[nH]c2=O)O[C@@H]1CO. The molecule has 0 saturated carbocycles. The van der Waals surface area contributed by atoms with Crippen LogP contribution in [-0.4, -0.2) is 158 Å². The molecule has 23 nitrogen and oxygen atoms in total. The highest BCUT2D eigenvalue weighted by atomic mass is 31.2. The van der Waals surface area contributed by atoms with E-state index in [0.29, 0.717) is 12.2 Å². The highest BCUT2D eigenvalue weighted by Gasteiger charge is 2.50. The Balaban J connectivity index is 1.21. The summed E-state index contributed by atoms with van der Waals surface area (Å²) in [6.45, 7) is 0.846. The third kappa shape index (κ3) is 11.2. The molecule has 0 bridgehead atoms. The molecular formula is C27H43N6O17P. The molecule has 2 aromatic heterocycles. The van der Waals surface area contributed by atoms with Gasteiger partial charge in [0.25, 0.3) is 5.56 Å². The summed E-state index contributed by atoms with van der Waals surface area (Å²) in [6, 6.07) is 0.0127. The fourth-order valence-electron chi connectivity index (χ4n) is 5.22. The van der Waals surface area contributed by atoms with Crippen LogP contribution in [0.3, 0.4) is 0 Å². The molecule has 10 atom stereocenters. The number of nitrogens with zero attached hydrogens (tertiary/aromatic N) is 4. The first-order valence-corrected chi connectivity index (χ1v) is 17.2. The van der Waals surface area contributed by atoms with Crippen LogP contribution in [0.4, 0.5) is 0 Å². The van der Waals surface area contributed by atoms with Crippen molar-refractivity contribution in [2.24, 2.45) is 0 Å². The van der Waals surface area contributed by atoms with Crippen molar-refractivity contribution >= 4 is 13.7 Å². The van der Waals surface area contributed by atoms with Crippen LogP contribution in [0, 0.1) is 0 Å². The summed E-state index contributed by atoms with van der Waals surface area (Å²) in [5.41, 5.74) is -1.19. The maximum Gasteiger partial charge on any atom is 0.472 e. The highest BCUT2D eigenvalue weighted by molar-refractivity contribution is 7.47. The molecule has 7 N–H and O–H groups in total. The summed E-state index contributed by atoms with van der Waals surface area (Å²) in [4.78, 5) is 47.6. The predicted molar refractivity (Wildman–Crippen MR) is 166 cm³/mol. The van der Waals surface area contributed by atoms with Gasteiger partial charge in [-0.05, 0) is 0 Å². The minimum absolute atomic E-state index is 0.0140. The van der Waals surface area contributed by atoms with Gasteiger partial charge in [0, 0.05) is 26.3 Å². The van der Waals surface area contributed by atoms with Gasteiger partial charge in [-0.2, -0.15) is 0 Å². The number of carbonyl (C=O) groups is 1. The molecule has 2 aliphatic rings. The van der Waals surface area contributed by atoms with Gasteiger partial charge in [-0.3, -0.25) is 28.2 Å². The topological polar surface area (TPSA) is 307 Å². The molecule has 0 radical (unpaired) electrons. The van der Waals surface area contributed by atoms with E-state index in [1.54, 1.807) is 6.20 Å². The van der Waals surface area contributed by atoms with Gasteiger partial charge in [0.05, 0.1) is 65.6 Å². The maximum atomic E-state index is 12.5. The van der Waals surface area contributed by atoms with Gasteiger partial charge < -0.3 is 59.1 Å². The summed E-state index contributed by atoms with van der Waals surface area (Å²) in [5.74, 6) is -0.467. The number of phosphoric ester groups is 1. The number of aromatic nitrogens is 5. The van der Waals surface area contributed by atoms with Crippen molar-refractivity contribution in [3.8, 4) is 0 Å². The fourth-order valence-corrected chi connectivity index (χ4v) is 5.87. The average molecular weight is 755 g/mol. The zero-order valence-electron chi connectivity index (χ0n) is 27.7. The van der Waals surface area contributed by atoms with E-state index in [1.807, 2.05) is 0 Å². The van der Waals surface area contributed by atoms with Crippen LogP contribution < -0.4 is 16.6 Å². The summed E-state index contributed by atoms with van der Waals surface area (Å²) in [7, 11) is -3.66. The molecule has 2 aromatic rings. The lowest BCUT2D eigenvalue weighted by Gasteiger charge is -2.42. The van der Waals surface area contributed by atoms with Crippen molar-refractivity contribution in [1.82, 2.24) is 29.9 Å². The van der Waals surface area contributed by atoms with Crippen molar-refractivity contribution in [1.29, 1.82) is 0 Å². The molecule has 0 spiro atoms. The van der Waals surface area contributed by atoms with Crippen molar-refractivity contribution in [3.05, 3.63) is 45.0 Å². The number of rotatable bonds is 20. The van der Waals surface area contributed by atoms with E-state index in [4.69, 9.17) is 32.9 Å². The molecule has 4 heterocycles. The lowest BCUT2D eigenvalue weighted by atomic mass is 9.97. The van der Waals surface area contributed by atoms with Gasteiger partial charge in [0.15, 0.2) is 12.5 Å². The average Bonchev–Trinajstić information content (AvgIpc) is 3.69. The van der Waals surface area contributed by atoms with Crippen LogP contribution in [0.1, 0.15) is 18.8 Å². The molecular weight excluding hydrogens is 711 g/mol. The number of ether oxygens (including phenoxy) is 6. The van der Waals surface area contributed by atoms with Crippen molar-refractivity contribution < 1.29 is 72.1 Å². The molecule has 1 amide bonds. The molecule has 7 unspecified atom stereocenters. The van der Waals surface area contributed by atoms with E-state index in [1.165, 1.54) is 11.6 Å². The van der Waals surface area contributed by atoms with Crippen LogP contribution in [0.15, 0.2) is 28.0 Å². The number of phosphoric acid groups is 1. The number of amides is 1. The monoisotopic (exact) mass is 754 g/mol. The normalized spacial score (nSPS) is 29.2. The molecule has 2 fully saturated rings. The number of H-pyrrole nitrogens is 1. The number of hydrogen-bond donors (Lipinski definition) is 7. The molecule has 2 saturated heterocycles. The minimum atomic E-state index is -4.61. The van der Waals surface area contributed by atoms with Crippen molar-refractivity contribution in [2.45, 2.75) is 75.3 Å². The first-order valence-electron chi connectivity index (χ1n) is 15.7. The van der Waals surface area contributed by atoms with Gasteiger partial charge in [-0.15, -0.1) is 5.10 Å². The standard InChI is InChI=1S/C27H43N6O17P/c1-15(36)28-20-22(39)21(38)17(12-34)49-26(20)46-10-9-45-8-7-44-6-5-32-11-16(30-31-32)14-47-24-23(50-51(41,42)43-2)18(13-35)48-25(24)33-4-3-19(37)29-27(33)40/h3-4,11,17-18,20-26,34-35,38-39H,5-10,12-14H2,1-2H3,(H,28,36)(H,41,42)(H,29,37,40)/t17?,18-,20?,21?,22?,23+,24?,25-,26?/m1/s1. The van der Waals surface area contributed by atoms with E-state index >= 15 is 0 Å². The first-order chi connectivity index (χ1) is 24.4. The Morgan fingerprint density at radius 1 is 1.02 bits per heavy atom. The second-order valence-electron chi connectivity index (χ2n) is 11.3. The molecule has 0 aliphatic carbocycles. The lowest BCUT2D eigenvalue weighted by Crippen LogP contribution is -2.64. The second-order valence-corrected chi connectivity index (χ2v) is 12.8. The van der Waals surface area contributed by atoms with Gasteiger partial charge in [-0.1, -0.05) is 5.21 Å². The Bertz CT molecular complexity index is 1560. The highest BCUT2D eigenvalue weighted by Crippen LogP contribution is 2.48. The van der Waals surface area contributed by atoms with Crippen molar-refractivity contribution in [2.75, 3.05) is 53.4 Å². The third-order valence-corrected chi connectivity index (χ3v) is 8.65. The largest absolute Gasteiger partial charge is 0.472 e. The number of carbonyl (C=O) groups excluding carboxylic acids is 1. The summed E-state index contributed by atoms with van der Waals surface area (Å²) in [6.07, 6.45) is -7.49. The number of aliphatic hydroxyl groups is 4. The lowest BCUT2D eigenvalue weighted by molar-refractivity contribution is -0.272. The number of aliphatic hydroxyl groups excluding tert-OH is 4. The van der Waals surface area contributed by atoms with Crippen molar-refractivity contribution in [3.63, 3.8) is 0 Å². The van der Waals surface area contributed by atoms with E-state index < -0.39 is 93.4 Å². The van der Waals surface area contributed by atoms with Crippen LogP contribution in [0.5, 0.6) is 0 Å². The fraction of sp³-hybridized carbons (Fsp3) is 0.741. The van der Waals surface area contributed by atoms with Crippen LogP contribution >= 0.6 is 7.82 Å². The maximum absolute atomic E-state index is 12.5. The quantitative estimate of drug-likeness (QED) is 0.0497. The molecule has 4 rings (SSSR count). The van der Waals surface area contributed by atoms with Gasteiger partial charge in [0.1, 0.15) is 48.4 Å². The Kier molecular flexibility index (Phi) is 15.3. The number of aromatic amines is 1. The second kappa shape index (κ2) is 19.2. The summed E-state index contributed by atoms with van der Waals surface area (Å²) >= 11 is 0. The Morgan fingerprint density at radius 2 is 1.73 bits per heavy atom. The Labute approximate surface area is 289 Å². The van der Waals surface area contributed by atoms with E-state index in [9.17, 15) is 44.3 Å². The summed E-state index contributed by atoms with van der Waals surface area (Å²) < 4.78 is 58.1. The smallest absolute Gasteiger partial charge is 0.394 e. The van der Waals surface area contributed by atoms with Crippen LogP contribution in [0.2, 0.25) is 0 Å². The van der Waals surface area contributed by atoms with E-state index in [2.05, 4.69) is 25.1 Å². The zero-order chi connectivity index (χ0) is 37.1. The van der Waals surface area contributed by atoms with E-state index in [-0.39, 0.29) is 39.6 Å². The Hall–Kier alpha value is -3.00. The molecule has 0 aromatic carbocycles. The molecule has 24 heteroatoms. The van der Waals surface area contributed by atoms with Gasteiger partial charge in [-0.25, -0.2) is 14.0 Å². The molecule has 2 aliphatic heterocycles. The minimum Gasteiger partial charge on any atom is -0.394 e. The predicted octanol–water partition coefficient (Wildman–Crippen LogP) is -4.27. The number of nitrogens with one attached hydrogen (secondary N) is 2. The Morgan fingerprint density at radius 3 is 2.39 bits per heavy atom. The van der Waals surface area contributed by atoms with Crippen LogP contribution in [-0.2, 0) is 60.0 Å². The van der Waals surface area contributed by atoms with Crippen LogP contribution in [0.25, 0.3) is 0 Å². The first kappa shape index (κ1) is 40.8. The van der Waals surface area contributed by atoms with Gasteiger partial charge in [0.2, 0.25) is 5.91 Å². The van der Waals surface area contributed by atoms with E-state index in [0.717, 1.165) is 23.9 Å². The third-order valence-electron chi connectivity index (χ3n) is 7.68.